The lowest BCUT2D eigenvalue weighted by Crippen LogP contribution is -2.44. The summed E-state index contributed by atoms with van der Waals surface area (Å²) < 4.78 is 5.14. The first-order valence-corrected chi connectivity index (χ1v) is 8.00. The largest absolute Gasteiger partial charge is 0.464 e. The molecule has 0 aliphatic carbocycles. The van der Waals surface area contributed by atoms with Crippen molar-refractivity contribution in [3.8, 4) is 0 Å². The topological polar surface area (TPSA) is 59.5 Å². The zero-order valence-corrected chi connectivity index (χ0v) is 14.4. The van der Waals surface area contributed by atoms with Gasteiger partial charge in [0.1, 0.15) is 11.2 Å². The van der Waals surface area contributed by atoms with Gasteiger partial charge >= 0.3 is 5.97 Å². The van der Waals surface area contributed by atoms with Crippen LogP contribution in [0.25, 0.3) is 0 Å². The molecule has 1 aromatic heterocycles. The van der Waals surface area contributed by atoms with Crippen LogP contribution in [0.2, 0.25) is 5.15 Å². The van der Waals surface area contributed by atoms with E-state index in [1.807, 2.05) is 30.3 Å². The van der Waals surface area contributed by atoms with Gasteiger partial charge in [-0.05, 0) is 24.6 Å². The highest BCUT2D eigenvalue weighted by Gasteiger charge is 2.29. The molecule has 0 N–H and O–H groups in total. The second-order valence-corrected chi connectivity index (χ2v) is 5.63. The van der Waals surface area contributed by atoms with E-state index in [-0.39, 0.29) is 17.7 Å². The number of pyridine rings is 1. The molecule has 6 heteroatoms. The van der Waals surface area contributed by atoms with E-state index in [9.17, 15) is 9.59 Å². The molecule has 0 aliphatic rings. The summed E-state index contributed by atoms with van der Waals surface area (Å²) in [6.45, 7) is 2.00. The lowest BCUT2D eigenvalue weighted by molar-refractivity contribution is -0.148. The van der Waals surface area contributed by atoms with Gasteiger partial charge in [0.15, 0.2) is 0 Å². The number of likely N-dealkylation sites (N-methyl/N-ethyl adjacent to an activating group) is 1. The molecule has 2 rings (SSSR count). The second kappa shape index (κ2) is 8.45. The van der Waals surface area contributed by atoms with Crippen LogP contribution in [0.15, 0.2) is 48.7 Å². The molecule has 0 aliphatic heterocycles. The van der Waals surface area contributed by atoms with Crippen molar-refractivity contribution in [1.29, 1.82) is 0 Å². The summed E-state index contributed by atoms with van der Waals surface area (Å²) >= 11 is 5.84. The van der Waals surface area contributed by atoms with Gasteiger partial charge in [0.05, 0.1) is 6.61 Å². The summed E-state index contributed by atoms with van der Waals surface area (Å²) in [5.41, 5.74) is 1.32. The number of aromatic nitrogens is 1. The van der Waals surface area contributed by atoms with Gasteiger partial charge in [-0.1, -0.05) is 41.9 Å². The van der Waals surface area contributed by atoms with E-state index >= 15 is 0 Å². The number of ether oxygens (including phenoxy) is 1. The number of rotatable bonds is 6. The molecule has 1 heterocycles. The molecule has 126 valence electrons. The minimum absolute atomic E-state index is 0.227. The first kappa shape index (κ1) is 17.9. The summed E-state index contributed by atoms with van der Waals surface area (Å²) in [6.07, 6.45) is 1.83. The Kier molecular flexibility index (Phi) is 6.32. The summed E-state index contributed by atoms with van der Waals surface area (Å²) in [5, 5.41) is 0.227. The first-order valence-electron chi connectivity index (χ1n) is 7.62. The standard InChI is InChI=1S/C18H19ClN2O3/c1-3-24-18(23)15(11-13-7-5-4-6-8-13)21(2)17(22)14-9-10-20-16(19)12-14/h4-10,12,15H,3,11H2,1-2H3/t15-/m1/s1. The Morgan fingerprint density at radius 3 is 2.58 bits per heavy atom. The molecule has 1 aromatic carbocycles. The number of esters is 1. The number of carbonyl (C=O) groups is 2. The third-order valence-corrected chi connectivity index (χ3v) is 3.80. The number of halogens is 1. The van der Waals surface area contributed by atoms with Crippen LogP contribution in [0.1, 0.15) is 22.8 Å². The maximum atomic E-state index is 12.7. The Balaban J connectivity index is 2.24. The summed E-state index contributed by atoms with van der Waals surface area (Å²) in [7, 11) is 1.58. The summed E-state index contributed by atoms with van der Waals surface area (Å²) in [5.74, 6) is -0.745. The van der Waals surface area contributed by atoms with Gasteiger partial charge in [0, 0.05) is 25.2 Å². The van der Waals surface area contributed by atoms with Crippen LogP contribution < -0.4 is 0 Å². The van der Waals surface area contributed by atoms with Crippen LogP contribution in [0.3, 0.4) is 0 Å². The Hall–Kier alpha value is -2.40. The third kappa shape index (κ3) is 4.55. The molecule has 1 amide bonds. The minimum Gasteiger partial charge on any atom is -0.464 e. The lowest BCUT2D eigenvalue weighted by atomic mass is 10.0. The maximum absolute atomic E-state index is 12.7. The molecular formula is C18H19ClN2O3. The Bertz CT molecular complexity index is 706. The predicted molar refractivity (Wildman–Crippen MR) is 91.9 cm³/mol. The third-order valence-electron chi connectivity index (χ3n) is 3.59. The van der Waals surface area contributed by atoms with Crippen molar-refractivity contribution >= 4 is 23.5 Å². The van der Waals surface area contributed by atoms with Gasteiger partial charge in [-0.2, -0.15) is 0 Å². The smallest absolute Gasteiger partial charge is 0.329 e. The van der Waals surface area contributed by atoms with Crippen LogP contribution in [-0.4, -0.2) is 41.5 Å². The number of hydrogen-bond acceptors (Lipinski definition) is 4. The number of amides is 1. The van der Waals surface area contributed by atoms with Crippen molar-refractivity contribution in [2.24, 2.45) is 0 Å². The molecule has 0 saturated carbocycles. The van der Waals surface area contributed by atoms with Crippen LogP contribution in [-0.2, 0) is 16.0 Å². The van der Waals surface area contributed by atoms with Gasteiger partial charge in [-0.25, -0.2) is 9.78 Å². The van der Waals surface area contributed by atoms with Gasteiger partial charge in [-0.15, -0.1) is 0 Å². The van der Waals surface area contributed by atoms with Gasteiger partial charge in [0.25, 0.3) is 5.91 Å². The fourth-order valence-corrected chi connectivity index (χ4v) is 2.51. The molecule has 2 aromatic rings. The van der Waals surface area contributed by atoms with E-state index < -0.39 is 12.0 Å². The highest BCUT2D eigenvalue weighted by Crippen LogP contribution is 2.15. The van der Waals surface area contributed by atoms with E-state index in [0.29, 0.717) is 12.0 Å². The van der Waals surface area contributed by atoms with Gasteiger partial charge < -0.3 is 9.64 Å². The Labute approximate surface area is 146 Å². The fraction of sp³-hybridized carbons (Fsp3) is 0.278. The molecule has 0 radical (unpaired) electrons. The maximum Gasteiger partial charge on any atom is 0.329 e. The highest BCUT2D eigenvalue weighted by atomic mass is 35.5. The molecule has 0 saturated heterocycles. The monoisotopic (exact) mass is 346 g/mol. The van der Waals surface area contributed by atoms with Crippen molar-refractivity contribution in [3.05, 3.63) is 64.9 Å². The summed E-state index contributed by atoms with van der Waals surface area (Å²) in [6, 6.07) is 11.8. The Morgan fingerprint density at radius 1 is 1.25 bits per heavy atom. The van der Waals surface area contributed by atoms with E-state index in [2.05, 4.69) is 4.98 Å². The molecule has 0 spiro atoms. The molecule has 0 bridgehead atoms. The number of carbonyl (C=O) groups excluding carboxylic acids is 2. The summed E-state index contributed by atoms with van der Waals surface area (Å²) in [4.78, 5) is 30.3. The molecule has 1 atom stereocenters. The lowest BCUT2D eigenvalue weighted by Gasteiger charge is -2.26. The zero-order chi connectivity index (χ0) is 17.5. The average molecular weight is 347 g/mol. The van der Waals surface area contributed by atoms with E-state index in [4.69, 9.17) is 16.3 Å². The van der Waals surface area contributed by atoms with Gasteiger partial charge in [-0.3, -0.25) is 4.79 Å². The fourth-order valence-electron chi connectivity index (χ4n) is 2.33. The SMILES string of the molecule is CCOC(=O)[C@@H](Cc1ccccc1)N(C)C(=O)c1ccnc(Cl)c1. The molecular weight excluding hydrogens is 328 g/mol. The van der Waals surface area contributed by atoms with E-state index in [1.165, 1.54) is 17.2 Å². The van der Waals surface area contributed by atoms with Crippen LogP contribution in [0.5, 0.6) is 0 Å². The average Bonchev–Trinajstić information content (AvgIpc) is 2.59. The van der Waals surface area contributed by atoms with Gasteiger partial charge in [0.2, 0.25) is 0 Å². The molecule has 0 unspecified atom stereocenters. The van der Waals surface area contributed by atoms with Crippen molar-refractivity contribution in [2.75, 3.05) is 13.7 Å². The molecule has 5 nitrogen and oxygen atoms in total. The van der Waals surface area contributed by atoms with E-state index in [1.54, 1.807) is 20.0 Å². The van der Waals surface area contributed by atoms with Crippen LogP contribution in [0, 0.1) is 0 Å². The quantitative estimate of drug-likeness (QED) is 0.596. The number of nitrogens with zero attached hydrogens (tertiary/aromatic N) is 2. The molecule has 0 fully saturated rings. The van der Waals surface area contributed by atoms with Crippen LogP contribution in [0.4, 0.5) is 0 Å². The molecule has 24 heavy (non-hydrogen) atoms. The number of benzene rings is 1. The number of hydrogen-bond donors (Lipinski definition) is 0. The van der Waals surface area contributed by atoms with Crippen molar-refractivity contribution in [1.82, 2.24) is 9.88 Å². The minimum atomic E-state index is -0.716. The van der Waals surface area contributed by atoms with Crippen LogP contribution >= 0.6 is 11.6 Å². The normalized spacial score (nSPS) is 11.6. The van der Waals surface area contributed by atoms with Crippen molar-refractivity contribution in [3.63, 3.8) is 0 Å². The van der Waals surface area contributed by atoms with E-state index in [0.717, 1.165) is 5.56 Å². The van der Waals surface area contributed by atoms with Crippen molar-refractivity contribution in [2.45, 2.75) is 19.4 Å². The first-order chi connectivity index (χ1) is 11.5. The second-order valence-electron chi connectivity index (χ2n) is 5.24. The Morgan fingerprint density at radius 2 is 1.96 bits per heavy atom. The zero-order valence-electron chi connectivity index (χ0n) is 13.6. The van der Waals surface area contributed by atoms with Crippen molar-refractivity contribution < 1.29 is 14.3 Å². The predicted octanol–water partition coefficient (Wildman–Crippen LogP) is 2.98. The highest BCUT2D eigenvalue weighted by molar-refractivity contribution is 6.29.